The lowest BCUT2D eigenvalue weighted by Gasteiger charge is -2.38. The molecule has 0 spiro atoms. The van der Waals surface area contributed by atoms with Gasteiger partial charge in [0.05, 0.1) is 11.4 Å². The van der Waals surface area contributed by atoms with E-state index in [1.165, 1.54) is 0 Å². The third-order valence-corrected chi connectivity index (χ3v) is 6.46. The number of likely N-dealkylation sites (tertiary alicyclic amines) is 1. The standard InChI is InChI=1S/C24H39F3N4O/c1-16(22(2,3)4)30(21(32)24(25,26)27)15-17-10-11-20(19(28)13-17)29-14-18-9-8-12-31(18)23(5,6)7/h10-11,13,16,18,29H,8-9,12,14-15,28H2,1-7H3/t16-,18?/m0/s1. The Bertz CT molecular complexity index is 796. The van der Waals surface area contributed by atoms with Crippen molar-refractivity contribution >= 4 is 17.3 Å². The van der Waals surface area contributed by atoms with E-state index >= 15 is 0 Å². The van der Waals surface area contributed by atoms with Crippen molar-refractivity contribution in [2.45, 2.75) is 91.7 Å². The number of amides is 1. The Hall–Kier alpha value is -1.96. The molecule has 1 saturated heterocycles. The zero-order valence-electron chi connectivity index (χ0n) is 20.4. The largest absolute Gasteiger partial charge is 0.471 e. The minimum Gasteiger partial charge on any atom is -0.397 e. The van der Waals surface area contributed by atoms with Gasteiger partial charge in [-0.3, -0.25) is 9.69 Å². The molecule has 1 unspecified atom stereocenters. The number of nitrogens with two attached hydrogens (primary N) is 1. The van der Waals surface area contributed by atoms with Gasteiger partial charge in [-0.1, -0.05) is 26.8 Å². The number of carbonyl (C=O) groups is 1. The molecule has 1 amide bonds. The molecule has 1 aliphatic rings. The van der Waals surface area contributed by atoms with Crippen LogP contribution in [0.25, 0.3) is 0 Å². The average molecular weight is 457 g/mol. The van der Waals surface area contributed by atoms with Gasteiger partial charge >= 0.3 is 12.1 Å². The van der Waals surface area contributed by atoms with Crippen LogP contribution in [-0.4, -0.2) is 52.6 Å². The van der Waals surface area contributed by atoms with Crippen LogP contribution in [0.5, 0.6) is 0 Å². The normalized spacial score (nSPS) is 19.1. The number of rotatable bonds is 6. The van der Waals surface area contributed by atoms with Crippen LogP contribution in [0.1, 0.15) is 66.9 Å². The third kappa shape index (κ3) is 6.53. The van der Waals surface area contributed by atoms with E-state index in [2.05, 4.69) is 31.0 Å². The maximum atomic E-state index is 13.2. The first-order valence-electron chi connectivity index (χ1n) is 11.3. The summed E-state index contributed by atoms with van der Waals surface area (Å²) in [7, 11) is 0. The molecule has 1 aromatic rings. The van der Waals surface area contributed by atoms with Crippen molar-refractivity contribution in [3.8, 4) is 0 Å². The fourth-order valence-electron chi connectivity index (χ4n) is 4.24. The van der Waals surface area contributed by atoms with Crippen LogP contribution in [0.3, 0.4) is 0 Å². The first-order chi connectivity index (χ1) is 14.5. The summed E-state index contributed by atoms with van der Waals surface area (Å²) in [4.78, 5) is 15.5. The van der Waals surface area contributed by atoms with Crippen molar-refractivity contribution < 1.29 is 18.0 Å². The molecule has 32 heavy (non-hydrogen) atoms. The van der Waals surface area contributed by atoms with E-state index in [0.717, 1.165) is 36.5 Å². The van der Waals surface area contributed by atoms with E-state index in [0.29, 0.717) is 17.3 Å². The molecule has 1 fully saturated rings. The number of hydrogen-bond donors (Lipinski definition) is 2. The predicted octanol–water partition coefficient (Wildman–Crippen LogP) is 5.27. The zero-order valence-corrected chi connectivity index (χ0v) is 20.4. The number of anilines is 2. The Labute approximate surface area is 190 Å². The number of carbonyl (C=O) groups excluding carboxylic acids is 1. The maximum Gasteiger partial charge on any atom is 0.471 e. The molecule has 5 nitrogen and oxygen atoms in total. The second-order valence-electron chi connectivity index (χ2n) is 10.9. The van der Waals surface area contributed by atoms with Gasteiger partial charge in [0.1, 0.15) is 0 Å². The van der Waals surface area contributed by atoms with Gasteiger partial charge in [0.2, 0.25) is 0 Å². The molecule has 0 bridgehead atoms. The van der Waals surface area contributed by atoms with Crippen molar-refractivity contribution in [2.75, 3.05) is 24.1 Å². The smallest absolute Gasteiger partial charge is 0.397 e. The van der Waals surface area contributed by atoms with Crippen LogP contribution in [0.15, 0.2) is 18.2 Å². The Morgan fingerprint density at radius 3 is 2.34 bits per heavy atom. The van der Waals surface area contributed by atoms with E-state index < -0.39 is 23.5 Å². The summed E-state index contributed by atoms with van der Waals surface area (Å²) in [6, 6.07) is 4.98. The summed E-state index contributed by atoms with van der Waals surface area (Å²) >= 11 is 0. The number of nitrogen functional groups attached to an aromatic ring is 1. The highest BCUT2D eigenvalue weighted by Gasteiger charge is 2.45. The molecule has 0 aliphatic carbocycles. The Balaban J connectivity index is 2.14. The molecule has 1 aliphatic heterocycles. The lowest BCUT2D eigenvalue weighted by atomic mass is 9.86. The van der Waals surface area contributed by atoms with Crippen LogP contribution >= 0.6 is 0 Å². The average Bonchev–Trinajstić information content (AvgIpc) is 3.12. The van der Waals surface area contributed by atoms with Crippen LogP contribution in [-0.2, 0) is 11.3 Å². The fraction of sp³-hybridized carbons (Fsp3) is 0.708. The highest BCUT2D eigenvalue weighted by Crippen LogP contribution is 2.31. The number of halogens is 3. The minimum atomic E-state index is -4.92. The van der Waals surface area contributed by atoms with E-state index in [4.69, 9.17) is 5.73 Å². The summed E-state index contributed by atoms with van der Waals surface area (Å²) in [6.45, 7) is 15.4. The lowest BCUT2D eigenvalue weighted by Crippen LogP contribution is -2.50. The molecule has 0 aromatic heterocycles. The molecule has 3 N–H and O–H groups in total. The van der Waals surface area contributed by atoms with Crippen LogP contribution in [0.4, 0.5) is 24.5 Å². The Morgan fingerprint density at radius 2 is 1.84 bits per heavy atom. The first kappa shape index (κ1) is 26.3. The summed E-state index contributed by atoms with van der Waals surface area (Å²) in [6.07, 6.45) is -2.65. The molecule has 1 heterocycles. The number of nitrogens with one attached hydrogen (secondary N) is 1. The summed E-state index contributed by atoms with van der Waals surface area (Å²) < 4.78 is 39.7. The van der Waals surface area contributed by atoms with Gasteiger partial charge in [-0.25, -0.2) is 0 Å². The molecular weight excluding hydrogens is 417 g/mol. The topological polar surface area (TPSA) is 61.6 Å². The van der Waals surface area contributed by atoms with Gasteiger partial charge in [0.25, 0.3) is 0 Å². The quantitative estimate of drug-likeness (QED) is 0.573. The van der Waals surface area contributed by atoms with Crippen LogP contribution in [0, 0.1) is 5.41 Å². The maximum absolute atomic E-state index is 13.2. The van der Waals surface area contributed by atoms with Gasteiger partial charge in [-0.2, -0.15) is 13.2 Å². The first-order valence-corrected chi connectivity index (χ1v) is 11.3. The highest BCUT2D eigenvalue weighted by atomic mass is 19.4. The number of benzene rings is 1. The van der Waals surface area contributed by atoms with Gasteiger partial charge in [0, 0.05) is 30.7 Å². The molecule has 2 rings (SSSR count). The monoisotopic (exact) mass is 456 g/mol. The predicted molar refractivity (Wildman–Crippen MR) is 124 cm³/mol. The number of hydrogen-bond acceptors (Lipinski definition) is 4. The SMILES string of the molecule is C[C@H](N(Cc1ccc(NCC2CCCN2C(C)(C)C)c(N)c1)C(=O)C(F)(F)F)C(C)(C)C. The van der Waals surface area contributed by atoms with Gasteiger partial charge < -0.3 is 16.0 Å². The molecule has 182 valence electrons. The van der Waals surface area contributed by atoms with Crippen molar-refractivity contribution in [3.05, 3.63) is 23.8 Å². The number of nitrogens with zero attached hydrogens (tertiary/aromatic N) is 2. The third-order valence-electron chi connectivity index (χ3n) is 6.46. The molecular formula is C24H39F3N4O. The number of alkyl halides is 3. The molecule has 0 radical (unpaired) electrons. The second kappa shape index (κ2) is 9.49. The molecule has 2 atom stereocenters. The second-order valence-corrected chi connectivity index (χ2v) is 10.9. The van der Waals surface area contributed by atoms with E-state index in [1.54, 1.807) is 25.1 Å². The summed E-state index contributed by atoms with van der Waals surface area (Å²) in [5, 5.41) is 3.40. The lowest BCUT2D eigenvalue weighted by molar-refractivity contribution is -0.190. The van der Waals surface area contributed by atoms with Crippen molar-refractivity contribution in [2.24, 2.45) is 5.41 Å². The van der Waals surface area contributed by atoms with Crippen molar-refractivity contribution in [1.29, 1.82) is 0 Å². The van der Waals surface area contributed by atoms with Crippen LogP contribution < -0.4 is 11.1 Å². The van der Waals surface area contributed by atoms with E-state index in [1.807, 2.05) is 20.8 Å². The Kier molecular flexibility index (Phi) is 7.80. The Morgan fingerprint density at radius 1 is 1.22 bits per heavy atom. The summed E-state index contributed by atoms with van der Waals surface area (Å²) in [5.41, 5.74) is 7.60. The summed E-state index contributed by atoms with van der Waals surface area (Å²) in [5.74, 6) is -1.83. The molecule has 8 heteroatoms. The van der Waals surface area contributed by atoms with E-state index in [9.17, 15) is 18.0 Å². The fourth-order valence-corrected chi connectivity index (χ4v) is 4.24. The van der Waals surface area contributed by atoms with Gasteiger partial charge in [-0.05, 0) is 70.2 Å². The van der Waals surface area contributed by atoms with Gasteiger partial charge in [-0.15, -0.1) is 0 Å². The zero-order chi connectivity index (χ0) is 24.5. The van der Waals surface area contributed by atoms with Crippen molar-refractivity contribution in [1.82, 2.24) is 9.80 Å². The minimum absolute atomic E-state index is 0.0937. The van der Waals surface area contributed by atoms with Crippen LogP contribution in [0.2, 0.25) is 0 Å². The van der Waals surface area contributed by atoms with E-state index in [-0.39, 0.29) is 12.1 Å². The van der Waals surface area contributed by atoms with Gasteiger partial charge in [0.15, 0.2) is 0 Å². The molecule has 1 aromatic carbocycles. The highest BCUT2D eigenvalue weighted by molar-refractivity contribution is 5.82. The molecule has 0 saturated carbocycles. The van der Waals surface area contributed by atoms with Crippen molar-refractivity contribution in [3.63, 3.8) is 0 Å².